The number of carbonyl (C=O) groups is 2. The van der Waals surface area contributed by atoms with Crippen molar-refractivity contribution in [3.63, 3.8) is 0 Å². The summed E-state index contributed by atoms with van der Waals surface area (Å²) in [6.45, 7) is 2.82. The van der Waals surface area contributed by atoms with Gasteiger partial charge in [0.2, 0.25) is 0 Å². The van der Waals surface area contributed by atoms with E-state index in [0.29, 0.717) is 29.3 Å². The van der Waals surface area contributed by atoms with Gasteiger partial charge in [0.15, 0.2) is 4.80 Å². The smallest absolute Gasteiger partial charge is 0.307 e. The van der Waals surface area contributed by atoms with Crippen molar-refractivity contribution < 1.29 is 23.8 Å². The van der Waals surface area contributed by atoms with E-state index < -0.39 is 5.91 Å². The van der Waals surface area contributed by atoms with Crippen LogP contribution in [0.5, 0.6) is 11.5 Å². The van der Waals surface area contributed by atoms with Gasteiger partial charge in [0.25, 0.3) is 5.91 Å². The molecule has 0 unspecified atom stereocenters. The molecule has 0 radical (unpaired) electrons. The summed E-state index contributed by atoms with van der Waals surface area (Å²) < 4.78 is 18.3. The number of thiazole rings is 1. The second kappa shape index (κ2) is 9.38. The maximum absolute atomic E-state index is 12.8. The molecule has 0 N–H and O–H groups in total. The number of rotatable bonds is 7. The third kappa shape index (κ3) is 4.65. The molecule has 1 amide bonds. The topological polar surface area (TPSA) is 79.1 Å². The number of carbonyl (C=O) groups excluding carboxylic acids is 2. The number of amides is 1. The molecule has 0 atom stereocenters. The minimum atomic E-state index is -0.411. The molecule has 152 valence electrons. The van der Waals surface area contributed by atoms with E-state index in [0.717, 1.165) is 16.0 Å². The number of ether oxygens (including phenoxy) is 3. The van der Waals surface area contributed by atoms with E-state index in [-0.39, 0.29) is 12.4 Å². The first-order valence-corrected chi connectivity index (χ1v) is 9.94. The molecule has 0 aliphatic rings. The molecule has 2 aromatic carbocycles. The highest BCUT2D eigenvalue weighted by Crippen LogP contribution is 2.24. The second-order valence-corrected chi connectivity index (χ2v) is 7.05. The van der Waals surface area contributed by atoms with Gasteiger partial charge in [-0.3, -0.25) is 9.59 Å². The molecule has 1 heterocycles. The first-order valence-electron chi connectivity index (χ1n) is 9.12. The summed E-state index contributed by atoms with van der Waals surface area (Å²) in [5.74, 6) is 0.460. The van der Waals surface area contributed by atoms with Crippen LogP contribution in [0.2, 0.25) is 0 Å². The Bertz CT molecular complexity index is 1100. The zero-order valence-corrected chi connectivity index (χ0v) is 17.3. The quantitative estimate of drug-likeness (QED) is 0.554. The van der Waals surface area contributed by atoms with Gasteiger partial charge in [0.05, 0.1) is 43.0 Å². The first kappa shape index (κ1) is 20.6. The van der Waals surface area contributed by atoms with Crippen LogP contribution in [0.4, 0.5) is 0 Å². The van der Waals surface area contributed by atoms with Gasteiger partial charge < -0.3 is 18.8 Å². The predicted octanol–water partition coefficient (Wildman–Crippen LogP) is 3.41. The Morgan fingerprint density at radius 2 is 1.93 bits per heavy atom. The SMILES string of the molecule is CCOc1ccc2c(c1)sc(=NC(=O)c1ccccc1OC)n2CCC(=O)OC. The number of para-hydroxylation sites is 1. The van der Waals surface area contributed by atoms with Crippen molar-refractivity contribution in [2.45, 2.75) is 19.9 Å². The lowest BCUT2D eigenvalue weighted by atomic mass is 10.2. The van der Waals surface area contributed by atoms with Crippen molar-refractivity contribution >= 4 is 33.4 Å². The second-order valence-electron chi connectivity index (χ2n) is 6.04. The third-order valence-electron chi connectivity index (χ3n) is 4.27. The highest BCUT2D eigenvalue weighted by Gasteiger charge is 2.14. The lowest BCUT2D eigenvalue weighted by Crippen LogP contribution is -2.19. The summed E-state index contributed by atoms with van der Waals surface area (Å²) in [6, 6.07) is 12.6. The summed E-state index contributed by atoms with van der Waals surface area (Å²) >= 11 is 1.36. The van der Waals surface area contributed by atoms with E-state index in [1.54, 1.807) is 24.3 Å². The summed E-state index contributed by atoms with van der Waals surface area (Å²) in [6.07, 6.45) is 0.172. The summed E-state index contributed by atoms with van der Waals surface area (Å²) in [5, 5.41) is 0. The van der Waals surface area contributed by atoms with Crippen LogP contribution in [0, 0.1) is 0 Å². The largest absolute Gasteiger partial charge is 0.496 e. The van der Waals surface area contributed by atoms with Gasteiger partial charge in [-0.1, -0.05) is 23.5 Å². The summed E-state index contributed by atoms with van der Waals surface area (Å²) in [4.78, 5) is 29.3. The lowest BCUT2D eigenvalue weighted by molar-refractivity contribution is -0.140. The van der Waals surface area contributed by atoms with E-state index in [4.69, 9.17) is 14.2 Å². The highest BCUT2D eigenvalue weighted by atomic mass is 32.1. The average molecular weight is 414 g/mol. The Morgan fingerprint density at radius 3 is 2.66 bits per heavy atom. The van der Waals surface area contributed by atoms with E-state index in [1.807, 2.05) is 29.7 Å². The molecular formula is C21H22N2O5S. The standard InChI is InChI=1S/C21H22N2O5S/c1-4-28-14-9-10-16-18(13-14)29-21(23(16)12-11-19(24)27-3)22-20(25)15-7-5-6-8-17(15)26-2/h5-10,13H,4,11-12H2,1-3H3. The Labute approximate surface area is 172 Å². The van der Waals surface area contributed by atoms with Crippen molar-refractivity contribution in [3.8, 4) is 11.5 Å². The van der Waals surface area contributed by atoms with Gasteiger partial charge in [-0.25, -0.2) is 0 Å². The highest BCUT2D eigenvalue weighted by molar-refractivity contribution is 7.16. The van der Waals surface area contributed by atoms with E-state index >= 15 is 0 Å². The maximum atomic E-state index is 12.8. The minimum Gasteiger partial charge on any atom is -0.496 e. The van der Waals surface area contributed by atoms with E-state index in [9.17, 15) is 9.59 Å². The van der Waals surface area contributed by atoms with Crippen molar-refractivity contribution in [2.24, 2.45) is 4.99 Å². The predicted molar refractivity (Wildman–Crippen MR) is 111 cm³/mol. The fourth-order valence-electron chi connectivity index (χ4n) is 2.88. The first-order chi connectivity index (χ1) is 14.1. The molecule has 0 saturated heterocycles. The molecule has 0 bridgehead atoms. The van der Waals surface area contributed by atoms with Crippen LogP contribution in [0.1, 0.15) is 23.7 Å². The number of aromatic nitrogens is 1. The molecule has 7 nitrogen and oxygen atoms in total. The van der Waals surface area contributed by atoms with Crippen molar-refractivity contribution in [3.05, 3.63) is 52.8 Å². The van der Waals surface area contributed by atoms with Gasteiger partial charge in [-0.15, -0.1) is 0 Å². The number of methoxy groups -OCH3 is 2. The van der Waals surface area contributed by atoms with Crippen LogP contribution in [-0.4, -0.2) is 37.3 Å². The number of hydrogen-bond donors (Lipinski definition) is 0. The number of nitrogens with zero attached hydrogens (tertiary/aromatic N) is 2. The van der Waals surface area contributed by atoms with E-state index in [1.165, 1.54) is 25.6 Å². The molecule has 3 rings (SSSR count). The fraction of sp³-hybridized carbons (Fsp3) is 0.286. The molecule has 8 heteroatoms. The average Bonchev–Trinajstić information content (AvgIpc) is 3.08. The third-order valence-corrected chi connectivity index (χ3v) is 5.31. The van der Waals surface area contributed by atoms with E-state index in [2.05, 4.69) is 4.99 Å². The fourth-order valence-corrected chi connectivity index (χ4v) is 3.97. The van der Waals surface area contributed by atoms with Crippen LogP contribution in [0.3, 0.4) is 0 Å². The van der Waals surface area contributed by atoms with Gasteiger partial charge in [0.1, 0.15) is 11.5 Å². The molecule has 0 saturated carbocycles. The van der Waals surface area contributed by atoms with Gasteiger partial charge >= 0.3 is 5.97 Å². The van der Waals surface area contributed by atoms with Gasteiger partial charge in [-0.2, -0.15) is 4.99 Å². The Kier molecular flexibility index (Phi) is 6.66. The summed E-state index contributed by atoms with van der Waals surface area (Å²) in [5.41, 5.74) is 1.25. The van der Waals surface area contributed by atoms with Crippen LogP contribution < -0.4 is 14.3 Å². The Morgan fingerprint density at radius 1 is 1.14 bits per heavy atom. The van der Waals surface area contributed by atoms with Crippen LogP contribution in [-0.2, 0) is 16.1 Å². The molecule has 3 aromatic rings. The van der Waals surface area contributed by atoms with Crippen LogP contribution >= 0.6 is 11.3 Å². The zero-order valence-electron chi connectivity index (χ0n) is 16.5. The number of esters is 1. The lowest BCUT2D eigenvalue weighted by Gasteiger charge is -2.06. The van der Waals surface area contributed by atoms with Crippen molar-refractivity contribution in [2.75, 3.05) is 20.8 Å². The molecule has 0 aliphatic heterocycles. The van der Waals surface area contributed by atoms with Crippen LogP contribution in [0.25, 0.3) is 10.2 Å². The molecule has 0 fully saturated rings. The molecular weight excluding hydrogens is 392 g/mol. The Hall–Kier alpha value is -3.13. The molecule has 1 aromatic heterocycles. The zero-order chi connectivity index (χ0) is 20.8. The number of fused-ring (bicyclic) bond motifs is 1. The minimum absolute atomic E-state index is 0.172. The van der Waals surface area contributed by atoms with Crippen LogP contribution in [0.15, 0.2) is 47.5 Å². The number of aryl methyl sites for hydroxylation is 1. The monoisotopic (exact) mass is 414 g/mol. The normalized spacial score (nSPS) is 11.5. The maximum Gasteiger partial charge on any atom is 0.307 e. The molecule has 0 spiro atoms. The van der Waals surface area contributed by atoms with Gasteiger partial charge in [0, 0.05) is 6.54 Å². The molecule has 0 aliphatic carbocycles. The van der Waals surface area contributed by atoms with Gasteiger partial charge in [-0.05, 0) is 37.3 Å². The van der Waals surface area contributed by atoms with Crippen molar-refractivity contribution in [1.82, 2.24) is 4.57 Å². The number of benzene rings is 2. The molecule has 29 heavy (non-hydrogen) atoms. The Balaban J connectivity index is 2.09. The van der Waals surface area contributed by atoms with Crippen molar-refractivity contribution in [1.29, 1.82) is 0 Å². The number of hydrogen-bond acceptors (Lipinski definition) is 6. The summed E-state index contributed by atoms with van der Waals surface area (Å²) in [7, 11) is 2.86.